The summed E-state index contributed by atoms with van der Waals surface area (Å²) in [6, 6.07) is 25.3. The molecule has 27 heavy (non-hydrogen) atoms. The summed E-state index contributed by atoms with van der Waals surface area (Å²) in [4.78, 5) is 13.0. The molecule has 0 saturated carbocycles. The lowest BCUT2D eigenvalue weighted by Crippen LogP contribution is -2.42. The van der Waals surface area contributed by atoms with Gasteiger partial charge in [-0.05, 0) is 23.6 Å². The third-order valence-corrected chi connectivity index (χ3v) is 4.37. The molecule has 1 aromatic heterocycles. The van der Waals surface area contributed by atoms with Crippen molar-refractivity contribution in [2.75, 3.05) is 0 Å². The predicted molar refractivity (Wildman–Crippen MR) is 101 cm³/mol. The Balaban J connectivity index is 1.80. The summed E-state index contributed by atoms with van der Waals surface area (Å²) in [6.45, 7) is 0.507. The number of nitrogens with zero attached hydrogens (tertiary/aromatic N) is 1. The summed E-state index contributed by atoms with van der Waals surface area (Å²) in [5, 5.41) is 1.68. The number of aromatic nitrogens is 1. The molecule has 0 radical (unpaired) electrons. The average Bonchev–Trinajstić information content (AvgIpc) is 2.70. The number of hydrogen-bond donors (Lipinski definition) is 0. The standard InChI is InChI=1S/C23H17FNO2/c24-20-12-6-7-13-21(20)27-23(26)22-19-11-5-4-10-18(19)14-15-25(22)16-17-8-2-1-3-9-17/h1-15H,16H2/q+1. The number of rotatable bonds is 4. The van der Waals surface area contributed by atoms with Gasteiger partial charge in [0.2, 0.25) is 0 Å². The first kappa shape index (κ1) is 16.9. The van der Waals surface area contributed by atoms with Crippen molar-refractivity contribution in [1.82, 2.24) is 0 Å². The zero-order valence-corrected chi connectivity index (χ0v) is 14.5. The lowest BCUT2D eigenvalue weighted by atomic mass is 10.1. The smallest absolute Gasteiger partial charge is 0.409 e. The monoisotopic (exact) mass is 358 g/mol. The topological polar surface area (TPSA) is 30.2 Å². The summed E-state index contributed by atoms with van der Waals surface area (Å²) in [6.07, 6.45) is 1.85. The van der Waals surface area contributed by atoms with Gasteiger partial charge in [0.05, 0.1) is 5.39 Å². The fourth-order valence-electron chi connectivity index (χ4n) is 3.07. The molecule has 132 valence electrons. The molecule has 0 unspecified atom stereocenters. The number of carbonyl (C=O) groups is 1. The summed E-state index contributed by atoms with van der Waals surface area (Å²) in [5.74, 6) is -1.24. The number of benzene rings is 3. The van der Waals surface area contributed by atoms with Gasteiger partial charge in [-0.3, -0.25) is 0 Å². The molecule has 0 aliphatic rings. The molecule has 0 fully saturated rings. The second-order valence-electron chi connectivity index (χ2n) is 6.19. The van der Waals surface area contributed by atoms with Crippen LogP contribution in [0, 0.1) is 5.82 Å². The van der Waals surface area contributed by atoms with Crippen LogP contribution in [0.3, 0.4) is 0 Å². The van der Waals surface area contributed by atoms with E-state index in [0.717, 1.165) is 16.3 Å². The van der Waals surface area contributed by atoms with E-state index < -0.39 is 11.8 Å². The summed E-state index contributed by atoms with van der Waals surface area (Å²) in [7, 11) is 0. The number of fused-ring (bicyclic) bond motifs is 1. The molecule has 3 nitrogen and oxygen atoms in total. The molecule has 0 saturated heterocycles. The Morgan fingerprint density at radius 1 is 0.852 bits per heavy atom. The molecule has 4 rings (SSSR count). The van der Waals surface area contributed by atoms with E-state index in [1.54, 1.807) is 12.1 Å². The maximum atomic E-state index is 13.9. The Labute approximate surface area is 156 Å². The van der Waals surface area contributed by atoms with E-state index in [9.17, 15) is 9.18 Å². The van der Waals surface area contributed by atoms with Crippen LogP contribution in [0.1, 0.15) is 16.1 Å². The van der Waals surface area contributed by atoms with Crippen molar-refractivity contribution in [3.05, 3.63) is 108 Å². The first-order chi connectivity index (χ1) is 13.2. The van der Waals surface area contributed by atoms with Crippen molar-refractivity contribution in [2.24, 2.45) is 0 Å². The van der Waals surface area contributed by atoms with Gasteiger partial charge in [0.25, 0.3) is 5.69 Å². The second kappa shape index (κ2) is 7.38. The number of halogens is 1. The van der Waals surface area contributed by atoms with Crippen LogP contribution < -0.4 is 9.30 Å². The summed E-state index contributed by atoms with van der Waals surface area (Å²) >= 11 is 0. The van der Waals surface area contributed by atoms with Crippen molar-refractivity contribution in [1.29, 1.82) is 0 Å². The van der Waals surface area contributed by atoms with Gasteiger partial charge in [-0.2, -0.15) is 4.57 Å². The number of hydrogen-bond acceptors (Lipinski definition) is 2. The molecule has 0 amide bonds. The van der Waals surface area contributed by atoms with Crippen LogP contribution in [0.15, 0.2) is 91.1 Å². The largest absolute Gasteiger partial charge is 0.415 e. The third kappa shape index (κ3) is 3.55. The molecule has 0 bridgehead atoms. The number of ether oxygens (including phenoxy) is 1. The highest BCUT2D eigenvalue weighted by molar-refractivity contribution is 6.01. The van der Waals surface area contributed by atoms with Crippen LogP contribution in [-0.4, -0.2) is 5.97 Å². The van der Waals surface area contributed by atoms with Crippen molar-refractivity contribution >= 4 is 16.7 Å². The first-order valence-electron chi connectivity index (χ1n) is 8.64. The number of pyridine rings is 1. The fourth-order valence-corrected chi connectivity index (χ4v) is 3.07. The van der Waals surface area contributed by atoms with E-state index in [4.69, 9.17) is 4.74 Å². The van der Waals surface area contributed by atoms with E-state index in [2.05, 4.69) is 0 Å². The first-order valence-corrected chi connectivity index (χ1v) is 8.64. The highest BCUT2D eigenvalue weighted by Gasteiger charge is 2.26. The van der Waals surface area contributed by atoms with Gasteiger partial charge in [-0.15, -0.1) is 0 Å². The van der Waals surface area contributed by atoms with Gasteiger partial charge >= 0.3 is 5.97 Å². The van der Waals surface area contributed by atoms with Gasteiger partial charge in [0.1, 0.15) is 0 Å². The quantitative estimate of drug-likeness (QED) is 0.305. The van der Waals surface area contributed by atoms with Gasteiger partial charge in [-0.25, -0.2) is 9.18 Å². The van der Waals surface area contributed by atoms with E-state index in [1.165, 1.54) is 12.1 Å². The van der Waals surface area contributed by atoms with Gasteiger partial charge in [-0.1, -0.05) is 60.7 Å². The van der Waals surface area contributed by atoms with Crippen molar-refractivity contribution in [3.63, 3.8) is 0 Å². The molecule has 0 spiro atoms. The molecule has 0 aliphatic carbocycles. The lowest BCUT2D eigenvalue weighted by Gasteiger charge is -2.08. The molecule has 4 heteroatoms. The third-order valence-electron chi connectivity index (χ3n) is 4.37. The molecule has 0 aliphatic heterocycles. The fraction of sp³-hybridized carbons (Fsp3) is 0.0435. The average molecular weight is 358 g/mol. The van der Waals surface area contributed by atoms with Gasteiger partial charge in [0, 0.05) is 11.6 Å². The normalized spacial score (nSPS) is 10.7. The molecule has 0 N–H and O–H groups in total. The Morgan fingerprint density at radius 2 is 1.56 bits per heavy atom. The Bertz CT molecular complexity index is 1110. The maximum absolute atomic E-state index is 13.9. The van der Waals surface area contributed by atoms with E-state index in [-0.39, 0.29) is 5.75 Å². The molecule has 1 heterocycles. The minimum atomic E-state index is -0.590. The van der Waals surface area contributed by atoms with Gasteiger partial charge in [0.15, 0.2) is 24.3 Å². The lowest BCUT2D eigenvalue weighted by molar-refractivity contribution is -0.689. The Hall–Kier alpha value is -3.53. The van der Waals surface area contributed by atoms with Crippen molar-refractivity contribution in [2.45, 2.75) is 6.54 Å². The van der Waals surface area contributed by atoms with Gasteiger partial charge < -0.3 is 4.74 Å². The van der Waals surface area contributed by atoms with Crippen LogP contribution in [-0.2, 0) is 6.54 Å². The number of carbonyl (C=O) groups excluding carboxylic acids is 1. The van der Waals surface area contributed by atoms with E-state index >= 15 is 0 Å². The number of esters is 1. The van der Waals surface area contributed by atoms with E-state index in [1.807, 2.05) is 71.4 Å². The Morgan fingerprint density at radius 3 is 2.37 bits per heavy atom. The van der Waals surface area contributed by atoms with Crippen molar-refractivity contribution < 1.29 is 18.5 Å². The highest BCUT2D eigenvalue weighted by atomic mass is 19.1. The second-order valence-corrected chi connectivity index (χ2v) is 6.19. The minimum absolute atomic E-state index is 0.0818. The Kier molecular flexibility index (Phi) is 4.62. The van der Waals surface area contributed by atoms with Crippen molar-refractivity contribution in [3.8, 4) is 5.75 Å². The SMILES string of the molecule is O=C(Oc1ccccc1F)c1c2ccccc2cc[n+]1Cc1ccccc1. The predicted octanol–water partition coefficient (Wildman–Crippen LogP) is 4.53. The molecule has 0 atom stereocenters. The summed E-state index contributed by atoms with van der Waals surface area (Å²) in [5.41, 5.74) is 1.44. The van der Waals surface area contributed by atoms with Crippen LogP contribution in [0.25, 0.3) is 10.8 Å². The number of para-hydroxylation sites is 1. The van der Waals surface area contributed by atoms with Crippen LogP contribution >= 0.6 is 0 Å². The van der Waals surface area contributed by atoms with Crippen LogP contribution in [0.2, 0.25) is 0 Å². The van der Waals surface area contributed by atoms with Crippen LogP contribution in [0.4, 0.5) is 4.39 Å². The zero-order valence-electron chi connectivity index (χ0n) is 14.5. The highest BCUT2D eigenvalue weighted by Crippen LogP contribution is 2.20. The molecule has 3 aromatic carbocycles. The van der Waals surface area contributed by atoms with Crippen LogP contribution in [0.5, 0.6) is 5.75 Å². The zero-order chi connectivity index (χ0) is 18.6. The molecule has 4 aromatic rings. The maximum Gasteiger partial charge on any atom is 0.409 e. The molecular formula is C23H17FNO2+. The summed E-state index contributed by atoms with van der Waals surface area (Å²) < 4.78 is 21.2. The van der Waals surface area contributed by atoms with E-state index in [0.29, 0.717) is 12.2 Å². The minimum Gasteiger partial charge on any atom is -0.415 e. The molecular weight excluding hydrogens is 341 g/mol.